The Kier molecular flexibility index (Phi) is 5.65. The lowest BCUT2D eigenvalue weighted by molar-refractivity contribution is 0.305. The van der Waals surface area contributed by atoms with E-state index in [2.05, 4.69) is 56.4 Å². The molecular weight excluding hydrogens is 242 g/mol. The Bertz CT molecular complexity index is 371. The Hall–Kier alpha value is -0.820. The lowest BCUT2D eigenvalue weighted by Gasteiger charge is -2.28. The van der Waals surface area contributed by atoms with Gasteiger partial charge in [0.2, 0.25) is 0 Å². The Morgan fingerprint density at radius 1 is 1.10 bits per heavy atom. The van der Waals surface area contributed by atoms with Crippen molar-refractivity contribution in [2.24, 2.45) is 11.3 Å². The average molecular weight is 273 g/mol. The summed E-state index contributed by atoms with van der Waals surface area (Å²) in [6.07, 6.45) is 8.37. The van der Waals surface area contributed by atoms with Gasteiger partial charge in [0.05, 0.1) is 0 Å². The summed E-state index contributed by atoms with van der Waals surface area (Å²) in [7, 11) is 0. The van der Waals surface area contributed by atoms with Crippen molar-refractivity contribution in [1.29, 1.82) is 0 Å². The predicted molar refractivity (Wildman–Crippen MR) is 87.8 cm³/mol. The van der Waals surface area contributed by atoms with Crippen LogP contribution in [0.25, 0.3) is 0 Å². The molecule has 1 N–H and O–H groups in total. The van der Waals surface area contributed by atoms with E-state index in [4.69, 9.17) is 0 Å². The fourth-order valence-electron chi connectivity index (χ4n) is 3.37. The molecule has 1 saturated carbocycles. The van der Waals surface area contributed by atoms with Gasteiger partial charge in [0, 0.05) is 6.04 Å². The van der Waals surface area contributed by atoms with Gasteiger partial charge in [-0.1, -0.05) is 76.8 Å². The highest BCUT2D eigenvalue weighted by molar-refractivity contribution is 5.19. The minimum Gasteiger partial charge on any atom is -0.310 e. The van der Waals surface area contributed by atoms with E-state index in [9.17, 15) is 0 Å². The molecule has 20 heavy (non-hydrogen) atoms. The fraction of sp³-hybridized carbons (Fsp3) is 0.684. The molecule has 1 atom stereocenters. The zero-order chi connectivity index (χ0) is 14.4. The van der Waals surface area contributed by atoms with Gasteiger partial charge in [-0.2, -0.15) is 0 Å². The van der Waals surface area contributed by atoms with Crippen LogP contribution < -0.4 is 5.32 Å². The van der Waals surface area contributed by atoms with Crippen molar-refractivity contribution in [2.45, 2.75) is 65.3 Å². The van der Waals surface area contributed by atoms with Crippen molar-refractivity contribution in [3.8, 4) is 0 Å². The van der Waals surface area contributed by atoms with Crippen molar-refractivity contribution in [3.63, 3.8) is 0 Å². The molecule has 1 fully saturated rings. The molecule has 0 heterocycles. The second kappa shape index (κ2) is 7.26. The van der Waals surface area contributed by atoms with Crippen molar-refractivity contribution in [3.05, 3.63) is 35.9 Å². The van der Waals surface area contributed by atoms with Gasteiger partial charge in [-0.05, 0) is 36.3 Å². The van der Waals surface area contributed by atoms with E-state index in [-0.39, 0.29) is 0 Å². The van der Waals surface area contributed by atoms with Crippen molar-refractivity contribution >= 4 is 0 Å². The number of hydrogen-bond acceptors (Lipinski definition) is 1. The molecule has 1 aliphatic rings. The number of benzene rings is 1. The van der Waals surface area contributed by atoms with E-state index < -0.39 is 0 Å². The van der Waals surface area contributed by atoms with Gasteiger partial charge in [0.25, 0.3) is 0 Å². The van der Waals surface area contributed by atoms with Crippen LogP contribution in [0.2, 0.25) is 0 Å². The highest BCUT2D eigenvalue weighted by Crippen LogP contribution is 2.30. The molecule has 0 aromatic heterocycles. The number of hydrogen-bond donors (Lipinski definition) is 1. The van der Waals surface area contributed by atoms with Crippen LogP contribution in [-0.2, 0) is 0 Å². The zero-order valence-electron chi connectivity index (χ0n) is 13.5. The summed E-state index contributed by atoms with van der Waals surface area (Å²) < 4.78 is 0. The molecule has 0 spiro atoms. The maximum Gasteiger partial charge on any atom is 0.0325 e. The summed E-state index contributed by atoms with van der Waals surface area (Å²) in [6.45, 7) is 8.17. The molecule has 1 aliphatic carbocycles. The molecule has 1 unspecified atom stereocenters. The van der Waals surface area contributed by atoms with Gasteiger partial charge < -0.3 is 5.32 Å². The van der Waals surface area contributed by atoms with Crippen LogP contribution in [0.4, 0.5) is 0 Å². The summed E-state index contributed by atoms with van der Waals surface area (Å²) in [6, 6.07) is 11.4. The van der Waals surface area contributed by atoms with Gasteiger partial charge in [-0.3, -0.25) is 0 Å². The topological polar surface area (TPSA) is 12.0 Å². The van der Waals surface area contributed by atoms with Gasteiger partial charge in [0.15, 0.2) is 0 Å². The minimum absolute atomic E-state index is 0.362. The van der Waals surface area contributed by atoms with E-state index in [0.29, 0.717) is 11.5 Å². The van der Waals surface area contributed by atoms with Crippen LogP contribution in [0, 0.1) is 11.3 Å². The summed E-state index contributed by atoms with van der Waals surface area (Å²) in [5.74, 6) is 0.980. The monoisotopic (exact) mass is 273 g/mol. The largest absolute Gasteiger partial charge is 0.310 e. The van der Waals surface area contributed by atoms with Crippen LogP contribution in [0.5, 0.6) is 0 Å². The third-order valence-corrected chi connectivity index (χ3v) is 4.44. The standard InChI is InChI=1S/C19H31N/c1-19(2,3)15-18(17-11-5-4-6-12-17)20-14-13-16-9-7-8-10-16/h4-6,11-12,16,18,20H,7-10,13-15H2,1-3H3. The first kappa shape index (κ1) is 15.6. The highest BCUT2D eigenvalue weighted by Gasteiger charge is 2.20. The lowest BCUT2D eigenvalue weighted by atomic mass is 9.85. The quantitative estimate of drug-likeness (QED) is 0.738. The minimum atomic E-state index is 0.362. The first-order valence-corrected chi connectivity index (χ1v) is 8.33. The fourth-order valence-corrected chi connectivity index (χ4v) is 3.37. The number of rotatable bonds is 6. The smallest absolute Gasteiger partial charge is 0.0325 e. The Morgan fingerprint density at radius 2 is 1.75 bits per heavy atom. The first-order chi connectivity index (χ1) is 9.54. The molecule has 1 heteroatoms. The van der Waals surface area contributed by atoms with Crippen molar-refractivity contribution in [2.75, 3.05) is 6.54 Å². The third kappa shape index (κ3) is 5.28. The maximum absolute atomic E-state index is 3.82. The van der Waals surface area contributed by atoms with Gasteiger partial charge in [-0.25, -0.2) is 0 Å². The molecule has 1 aromatic carbocycles. The molecule has 2 rings (SSSR count). The molecule has 1 nitrogen and oxygen atoms in total. The Labute approximate surface area is 125 Å². The molecule has 0 saturated heterocycles. The van der Waals surface area contributed by atoms with Crippen LogP contribution in [0.1, 0.15) is 70.9 Å². The Morgan fingerprint density at radius 3 is 2.35 bits per heavy atom. The lowest BCUT2D eigenvalue weighted by Crippen LogP contribution is -2.27. The molecule has 0 bridgehead atoms. The molecule has 1 aromatic rings. The predicted octanol–water partition coefficient (Wildman–Crippen LogP) is 5.33. The van der Waals surface area contributed by atoms with E-state index in [1.165, 1.54) is 50.6 Å². The van der Waals surface area contributed by atoms with Crippen molar-refractivity contribution in [1.82, 2.24) is 5.32 Å². The summed E-state index contributed by atoms with van der Waals surface area (Å²) >= 11 is 0. The first-order valence-electron chi connectivity index (χ1n) is 8.33. The van der Waals surface area contributed by atoms with Crippen molar-refractivity contribution < 1.29 is 0 Å². The highest BCUT2D eigenvalue weighted by atomic mass is 14.9. The van der Waals surface area contributed by atoms with E-state index >= 15 is 0 Å². The zero-order valence-corrected chi connectivity index (χ0v) is 13.5. The van der Waals surface area contributed by atoms with Crippen LogP contribution in [0.15, 0.2) is 30.3 Å². The third-order valence-electron chi connectivity index (χ3n) is 4.44. The molecule has 112 valence electrons. The van der Waals surface area contributed by atoms with Crippen LogP contribution in [0.3, 0.4) is 0 Å². The molecule has 0 aliphatic heterocycles. The van der Waals surface area contributed by atoms with E-state index in [1.807, 2.05) is 0 Å². The number of nitrogens with one attached hydrogen (secondary N) is 1. The normalized spacial score (nSPS) is 18.4. The summed E-state index contributed by atoms with van der Waals surface area (Å²) in [5.41, 5.74) is 1.80. The summed E-state index contributed by atoms with van der Waals surface area (Å²) in [5, 5.41) is 3.82. The molecule has 0 amide bonds. The second-order valence-corrected chi connectivity index (χ2v) is 7.62. The molecular formula is C19H31N. The van der Waals surface area contributed by atoms with E-state index in [1.54, 1.807) is 0 Å². The van der Waals surface area contributed by atoms with Gasteiger partial charge in [0.1, 0.15) is 0 Å². The second-order valence-electron chi connectivity index (χ2n) is 7.62. The maximum atomic E-state index is 3.82. The van der Waals surface area contributed by atoms with E-state index in [0.717, 1.165) is 5.92 Å². The Balaban J connectivity index is 1.88. The molecule has 0 radical (unpaired) electrons. The van der Waals surface area contributed by atoms with Gasteiger partial charge in [-0.15, -0.1) is 0 Å². The van der Waals surface area contributed by atoms with Crippen LogP contribution in [-0.4, -0.2) is 6.54 Å². The van der Waals surface area contributed by atoms with Crippen LogP contribution >= 0.6 is 0 Å². The average Bonchev–Trinajstić information content (AvgIpc) is 2.90. The summed E-state index contributed by atoms with van der Waals surface area (Å²) in [4.78, 5) is 0. The van der Waals surface area contributed by atoms with Gasteiger partial charge >= 0.3 is 0 Å². The SMILES string of the molecule is CC(C)(C)CC(NCCC1CCCC1)c1ccccc1.